The summed E-state index contributed by atoms with van der Waals surface area (Å²) in [7, 11) is 0. The minimum absolute atomic E-state index is 0.0915. The standard InChI is InChI=1S/C38H36N2/c1-37(2,3)25-15-21-35-31(23-25)32-24-26(38(4,5)6)16-22-36(32)40(35)28-19-17-27(18-20-28)39-33-13-9-7-11-29(33)30-12-8-10-14-34(30)39/h7-24H,1-6H3. The fourth-order valence-corrected chi connectivity index (χ4v) is 6.19. The molecule has 0 N–H and O–H groups in total. The molecule has 0 aliphatic rings. The molecule has 40 heavy (non-hydrogen) atoms. The van der Waals surface area contributed by atoms with Crippen LogP contribution in [-0.4, -0.2) is 9.13 Å². The Morgan fingerprint density at radius 1 is 0.375 bits per heavy atom. The quantitative estimate of drug-likeness (QED) is 0.215. The van der Waals surface area contributed by atoms with Gasteiger partial charge in [-0.3, -0.25) is 0 Å². The van der Waals surface area contributed by atoms with E-state index in [2.05, 4.69) is 160 Å². The summed E-state index contributed by atoms with van der Waals surface area (Å²) >= 11 is 0. The summed E-state index contributed by atoms with van der Waals surface area (Å²) in [6.07, 6.45) is 0. The third-order valence-corrected chi connectivity index (χ3v) is 8.44. The van der Waals surface area contributed by atoms with Gasteiger partial charge in [0, 0.05) is 32.9 Å². The van der Waals surface area contributed by atoms with Crippen molar-refractivity contribution in [1.29, 1.82) is 0 Å². The molecule has 2 nitrogen and oxygen atoms in total. The molecule has 0 unspecified atom stereocenters. The Morgan fingerprint density at radius 3 is 1.10 bits per heavy atom. The van der Waals surface area contributed by atoms with E-state index in [0.717, 1.165) is 0 Å². The molecule has 0 saturated heterocycles. The molecule has 2 heterocycles. The van der Waals surface area contributed by atoms with E-state index < -0.39 is 0 Å². The zero-order valence-electron chi connectivity index (χ0n) is 24.3. The molecule has 0 saturated carbocycles. The summed E-state index contributed by atoms with van der Waals surface area (Å²) in [5.41, 5.74) is 10.2. The van der Waals surface area contributed by atoms with Gasteiger partial charge in [0.05, 0.1) is 22.1 Å². The first-order chi connectivity index (χ1) is 19.1. The van der Waals surface area contributed by atoms with Gasteiger partial charge < -0.3 is 9.13 Å². The lowest BCUT2D eigenvalue weighted by molar-refractivity contribution is 0.590. The van der Waals surface area contributed by atoms with Crippen molar-refractivity contribution in [3.05, 3.63) is 120 Å². The SMILES string of the molecule is CC(C)(C)c1ccc2c(c1)c1cc(C(C)(C)C)ccc1n2-c1ccc(-n2c3ccccc3c3ccccc32)cc1. The fourth-order valence-electron chi connectivity index (χ4n) is 6.19. The lowest BCUT2D eigenvalue weighted by Crippen LogP contribution is -2.10. The second kappa shape index (κ2) is 8.60. The predicted molar refractivity (Wildman–Crippen MR) is 173 cm³/mol. The Hall–Kier alpha value is -4.30. The first-order valence-corrected chi connectivity index (χ1v) is 14.3. The van der Waals surface area contributed by atoms with E-state index in [4.69, 9.17) is 0 Å². The van der Waals surface area contributed by atoms with Gasteiger partial charge in [-0.1, -0.05) is 90.1 Å². The highest BCUT2D eigenvalue weighted by Gasteiger charge is 2.21. The van der Waals surface area contributed by atoms with Crippen LogP contribution in [0.5, 0.6) is 0 Å². The van der Waals surface area contributed by atoms with E-state index in [1.54, 1.807) is 0 Å². The molecule has 0 aliphatic heterocycles. The highest BCUT2D eigenvalue weighted by molar-refractivity contribution is 6.10. The van der Waals surface area contributed by atoms with Crippen LogP contribution in [0.1, 0.15) is 52.7 Å². The van der Waals surface area contributed by atoms with Crippen LogP contribution in [-0.2, 0) is 10.8 Å². The molecular weight excluding hydrogens is 484 g/mol. The van der Waals surface area contributed by atoms with E-state index in [1.165, 1.54) is 66.1 Å². The summed E-state index contributed by atoms with van der Waals surface area (Å²) < 4.78 is 4.81. The zero-order chi connectivity index (χ0) is 27.8. The third kappa shape index (κ3) is 3.78. The van der Waals surface area contributed by atoms with Gasteiger partial charge >= 0.3 is 0 Å². The summed E-state index contributed by atoms with van der Waals surface area (Å²) in [6.45, 7) is 13.8. The summed E-state index contributed by atoms with van der Waals surface area (Å²) in [4.78, 5) is 0. The molecule has 5 aromatic carbocycles. The number of fused-ring (bicyclic) bond motifs is 6. The Balaban J connectivity index is 1.45. The first kappa shape index (κ1) is 24.7. The van der Waals surface area contributed by atoms with Crippen molar-refractivity contribution in [1.82, 2.24) is 9.13 Å². The maximum atomic E-state index is 2.43. The Bertz CT molecular complexity index is 1930. The van der Waals surface area contributed by atoms with E-state index >= 15 is 0 Å². The van der Waals surface area contributed by atoms with Crippen LogP contribution < -0.4 is 0 Å². The van der Waals surface area contributed by atoms with Gasteiger partial charge in [0.1, 0.15) is 0 Å². The molecule has 0 fully saturated rings. The van der Waals surface area contributed by atoms with Crippen LogP contribution in [0.15, 0.2) is 109 Å². The molecule has 0 amide bonds. The van der Waals surface area contributed by atoms with Crippen molar-refractivity contribution >= 4 is 43.6 Å². The number of aromatic nitrogens is 2. The molecule has 7 aromatic rings. The topological polar surface area (TPSA) is 9.86 Å². The van der Waals surface area contributed by atoms with E-state index in [-0.39, 0.29) is 10.8 Å². The van der Waals surface area contributed by atoms with Gasteiger partial charge in [0.2, 0.25) is 0 Å². The number of hydrogen-bond donors (Lipinski definition) is 0. The molecule has 2 aromatic heterocycles. The van der Waals surface area contributed by atoms with Crippen LogP contribution in [0.2, 0.25) is 0 Å². The summed E-state index contributed by atoms with van der Waals surface area (Å²) in [5.74, 6) is 0. The summed E-state index contributed by atoms with van der Waals surface area (Å²) in [6, 6.07) is 40.5. The predicted octanol–water partition coefficient (Wildman–Crippen LogP) is 10.5. The van der Waals surface area contributed by atoms with Crippen LogP contribution in [0, 0.1) is 0 Å². The number of hydrogen-bond acceptors (Lipinski definition) is 0. The second-order valence-corrected chi connectivity index (χ2v) is 13.2. The number of para-hydroxylation sites is 2. The molecular formula is C38H36N2. The molecule has 0 radical (unpaired) electrons. The van der Waals surface area contributed by atoms with Crippen molar-refractivity contribution in [3.8, 4) is 11.4 Å². The Morgan fingerprint density at radius 2 is 0.725 bits per heavy atom. The van der Waals surface area contributed by atoms with Gasteiger partial charge in [-0.15, -0.1) is 0 Å². The lowest BCUT2D eigenvalue weighted by atomic mass is 9.85. The smallest absolute Gasteiger partial charge is 0.0541 e. The van der Waals surface area contributed by atoms with Gasteiger partial charge in [0.25, 0.3) is 0 Å². The average Bonchev–Trinajstić information content (AvgIpc) is 3.44. The molecule has 7 rings (SSSR count). The van der Waals surface area contributed by atoms with Gasteiger partial charge in [-0.25, -0.2) is 0 Å². The van der Waals surface area contributed by atoms with Gasteiger partial charge in [-0.2, -0.15) is 0 Å². The monoisotopic (exact) mass is 520 g/mol. The molecule has 0 atom stereocenters. The van der Waals surface area contributed by atoms with E-state index in [0.29, 0.717) is 0 Å². The molecule has 0 spiro atoms. The zero-order valence-corrected chi connectivity index (χ0v) is 24.3. The molecule has 198 valence electrons. The van der Waals surface area contributed by atoms with Crippen molar-refractivity contribution in [2.45, 2.75) is 52.4 Å². The van der Waals surface area contributed by atoms with E-state index in [9.17, 15) is 0 Å². The second-order valence-electron chi connectivity index (χ2n) is 13.2. The van der Waals surface area contributed by atoms with Gasteiger partial charge in [-0.05, 0) is 82.6 Å². The van der Waals surface area contributed by atoms with Crippen LogP contribution >= 0.6 is 0 Å². The maximum absolute atomic E-state index is 2.43. The fraction of sp³-hybridized carbons (Fsp3) is 0.211. The van der Waals surface area contributed by atoms with Crippen molar-refractivity contribution < 1.29 is 0 Å². The molecule has 0 bridgehead atoms. The van der Waals surface area contributed by atoms with Crippen molar-refractivity contribution in [2.24, 2.45) is 0 Å². The Kier molecular flexibility index (Phi) is 5.31. The third-order valence-electron chi connectivity index (χ3n) is 8.44. The molecule has 0 aliphatic carbocycles. The highest BCUT2D eigenvalue weighted by atomic mass is 15.0. The minimum atomic E-state index is 0.0915. The first-order valence-electron chi connectivity index (χ1n) is 14.3. The summed E-state index contributed by atoms with van der Waals surface area (Å²) in [5, 5.41) is 5.21. The van der Waals surface area contributed by atoms with Crippen LogP contribution in [0.3, 0.4) is 0 Å². The number of benzene rings is 5. The average molecular weight is 521 g/mol. The van der Waals surface area contributed by atoms with Crippen molar-refractivity contribution in [2.75, 3.05) is 0 Å². The highest BCUT2D eigenvalue weighted by Crippen LogP contribution is 2.38. The minimum Gasteiger partial charge on any atom is -0.309 e. The van der Waals surface area contributed by atoms with Crippen molar-refractivity contribution in [3.63, 3.8) is 0 Å². The van der Waals surface area contributed by atoms with Crippen LogP contribution in [0.4, 0.5) is 0 Å². The molecule has 2 heteroatoms. The number of nitrogens with zero attached hydrogens (tertiary/aromatic N) is 2. The van der Waals surface area contributed by atoms with Crippen LogP contribution in [0.25, 0.3) is 55.0 Å². The normalized spacial score (nSPS) is 12.8. The largest absolute Gasteiger partial charge is 0.309 e. The number of rotatable bonds is 2. The lowest BCUT2D eigenvalue weighted by Gasteiger charge is -2.19. The van der Waals surface area contributed by atoms with Gasteiger partial charge in [0.15, 0.2) is 0 Å². The Labute approximate surface area is 236 Å². The maximum Gasteiger partial charge on any atom is 0.0541 e. The van der Waals surface area contributed by atoms with E-state index in [1.807, 2.05) is 0 Å².